The lowest BCUT2D eigenvalue weighted by atomic mass is 10.1. The number of nitrogens with zero attached hydrogens (tertiary/aromatic N) is 3. The Morgan fingerprint density at radius 1 is 0.915 bits per heavy atom. The van der Waals surface area contributed by atoms with Crippen LogP contribution in [-0.4, -0.2) is 115 Å². The largest absolute Gasteiger partial charge is 0.391 e. The molecule has 19 heteroatoms. The Balaban J connectivity index is 0.000000499. The second kappa shape index (κ2) is 33.9. The molecule has 1 saturated heterocycles. The summed E-state index contributed by atoms with van der Waals surface area (Å²) in [6.07, 6.45) is 4.56. The number of thioether (sulfide) groups is 1. The van der Waals surface area contributed by atoms with Crippen molar-refractivity contribution in [3.8, 4) is 11.8 Å². The predicted molar refractivity (Wildman–Crippen MR) is 281 cm³/mol. The number of β-amino-alcohol motifs (C(OH)–C–C–N with tert-alkyl or cyclic N) is 1. The quantitative estimate of drug-likeness (QED) is 0.0218. The molecule has 382 valence electrons. The molecule has 17 nitrogen and oxygen atoms in total. The third-order valence-electron chi connectivity index (χ3n) is 9.50. The smallest absolute Gasteiger partial charge is 0.323 e. The Morgan fingerprint density at radius 2 is 1.61 bits per heavy atom. The first kappa shape index (κ1) is 58.8. The number of carbonyl (C=O) groups is 5. The van der Waals surface area contributed by atoms with Crippen molar-refractivity contribution in [1.82, 2.24) is 36.1 Å². The molecule has 2 aliphatic rings. The molecule has 1 atom stereocenters. The molecule has 1 fully saturated rings. The number of aliphatic hydroxyl groups is 1. The van der Waals surface area contributed by atoms with Crippen molar-refractivity contribution in [3.63, 3.8) is 0 Å². The van der Waals surface area contributed by atoms with Gasteiger partial charge in [0.15, 0.2) is 0 Å². The van der Waals surface area contributed by atoms with Crippen LogP contribution in [0.15, 0.2) is 90.9 Å². The van der Waals surface area contributed by atoms with Gasteiger partial charge in [-0.2, -0.15) is 0 Å². The van der Waals surface area contributed by atoms with E-state index in [1.54, 1.807) is 42.5 Å². The molecule has 7 N–H and O–H groups in total. The zero-order chi connectivity index (χ0) is 51.8. The van der Waals surface area contributed by atoms with Gasteiger partial charge in [-0.25, -0.2) is 14.8 Å². The van der Waals surface area contributed by atoms with Gasteiger partial charge in [0.1, 0.15) is 10.8 Å². The molecule has 0 bridgehead atoms. The van der Waals surface area contributed by atoms with Gasteiger partial charge in [-0.15, -0.1) is 11.8 Å². The van der Waals surface area contributed by atoms with Crippen LogP contribution in [0.1, 0.15) is 93.5 Å². The molecule has 0 saturated carbocycles. The third kappa shape index (κ3) is 24.3. The minimum Gasteiger partial charge on any atom is -0.391 e. The first-order chi connectivity index (χ1) is 34.3. The Morgan fingerprint density at radius 3 is 2.25 bits per heavy atom. The summed E-state index contributed by atoms with van der Waals surface area (Å²) in [5.41, 5.74) is 6.07. The molecule has 1 unspecified atom stereocenters. The highest BCUT2D eigenvalue weighted by Crippen LogP contribution is 2.33. The maximum atomic E-state index is 12.6. The highest BCUT2D eigenvalue weighted by atomic mass is 35.5. The molecule has 71 heavy (non-hydrogen) atoms. The van der Waals surface area contributed by atoms with Gasteiger partial charge < -0.3 is 51.4 Å². The predicted octanol–water partition coefficient (Wildman–Crippen LogP) is 7.03. The van der Waals surface area contributed by atoms with Crippen molar-refractivity contribution in [3.05, 3.63) is 124 Å². The average molecular weight is 1010 g/mol. The number of hydrogen-bond acceptors (Lipinski definition) is 12. The summed E-state index contributed by atoms with van der Waals surface area (Å²) in [7, 11) is 0. The number of benzene rings is 2. The van der Waals surface area contributed by atoms with Crippen molar-refractivity contribution in [2.24, 2.45) is 5.92 Å². The van der Waals surface area contributed by atoms with Crippen LogP contribution in [0.5, 0.6) is 0 Å². The topological polar surface area (TPSA) is 225 Å². The Kier molecular flexibility index (Phi) is 28.1. The second-order valence-corrected chi connectivity index (χ2v) is 17.6. The molecule has 0 spiro atoms. The SMILES string of the molecule is CC.CC(C)C.CC1=C(c2ccc(CNC=O)cc2)SCN1.O=C(CCOCCCOCCNC(=O)c1cccc(C#Cc2cc(NC(=O)Nc3ccnc(Cl)c3)ccn2)c1)NCC(=O)N1CCC(O)C1. The van der Waals surface area contributed by atoms with E-state index in [1.165, 1.54) is 39.5 Å². The lowest BCUT2D eigenvalue weighted by Gasteiger charge is -2.15. The summed E-state index contributed by atoms with van der Waals surface area (Å²) in [5.74, 6) is 6.98. The zero-order valence-electron chi connectivity index (χ0n) is 41.4. The standard InChI is InChI=1S/C34H38ClN7O7.C12H14N2OS.C4H10.C2H6/c35-30-21-28(8-12-37-30)41-34(47)40-27-7-11-36-26(20-27)6-5-24-3-1-4-25(19-24)33(46)38-13-18-49-16-2-15-48-17-10-31(44)39-22-32(45)42-14-9-29(43)23-42;1-9-12(16-8-14-9)11-4-2-10(3-5-11)6-13-7-15;1-4(2)3;1-2/h1,3-4,7-8,11-12,19-21,29,43H,2,9-10,13-18,22-23H2,(H,38,46)(H,39,44)(H2,36,37,40,41,47);2-5,7,14H,6,8H2,1H3,(H,13,15);4H,1-3H3;1-2H3. The van der Waals surface area contributed by atoms with E-state index in [-0.39, 0.29) is 42.4 Å². The summed E-state index contributed by atoms with van der Waals surface area (Å²) in [5, 5.41) is 26.5. The number of allylic oxidation sites excluding steroid dienone is 1. The van der Waals surface area contributed by atoms with Crippen molar-refractivity contribution in [2.75, 3.05) is 69.1 Å². The Hall–Kier alpha value is -6.49. The maximum absolute atomic E-state index is 12.6. The Labute approximate surface area is 427 Å². The minimum absolute atomic E-state index is 0.0873. The molecule has 2 aliphatic heterocycles. The summed E-state index contributed by atoms with van der Waals surface area (Å²) >= 11 is 7.68. The highest BCUT2D eigenvalue weighted by molar-refractivity contribution is 8.08. The number of anilines is 2. The maximum Gasteiger partial charge on any atom is 0.323 e. The van der Waals surface area contributed by atoms with Crippen LogP contribution in [0.4, 0.5) is 16.2 Å². The van der Waals surface area contributed by atoms with Crippen molar-refractivity contribution >= 4 is 69.8 Å². The number of carbonyl (C=O) groups excluding carboxylic acids is 5. The van der Waals surface area contributed by atoms with E-state index in [0.717, 1.165) is 23.8 Å². The van der Waals surface area contributed by atoms with Gasteiger partial charge in [-0.05, 0) is 85.2 Å². The number of nitrogens with one attached hydrogen (secondary N) is 6. The van der Waals surface area contributed by atoms with Crippen LogP contribution in [0.25, 0.3) is 4.91 Å². The first-order valence-electron chi connectivity index (χ1n) is 23.6. The molecule has 4 heterocycles. The Bertz CT molecular complexity index is 2390. The number of halogens is 1. The first-order valence-corrected chi connectivity index (χ1v) is 24.9. The van der Waals surface area contributed by atoms with Gasteiger partial charge in [-0.3, -0.25) is 19.2 Å². The van der Waals surface area contributed by atoms with E-state index < -0.39 is 12.1 Å². The van der Waals surface area contributed by atoms with Crippen molar-refractivity contribution < 1.29 is 38.6 Å². The van der Waals surface area contributed by atoms with E-state index >= 15 is 0 Å². The van der Waals surface area contributed by atoms with Gasteiger partial charge in [-0.1, -0.05) is 82.5 Å². The number of ether oxygens (including phenoxy) is 2. The van der Waals surface area contributed by atoms with Gasteiger partial charge in [0.25, 0.3) is 5.91 Å². The fourth-order valence-electron chi connectivity index (χ4n) is 6.18. The number of urea groups is 1. The molecule has 6 rings (SSSR count). The van der Waals surface area contributed by atoms with E-state index in [9.17, 15) is 29.1 Å². The monoisotopic (exact) mass is 1010 g/mol. The number of amides is 6. The molecular formula is C52H68ClN9O8S. The third-order valence-corrected chi connectivity index (χ3v) is 10.8. The van der Waals surface area contributed by atoms with Gasteiger partial charge in [0.05, 0.1) is 31.7 Å². The average Bonchev–Trinajstić information content (AvgIpc) is 4.01. The molecule has 0 radical (unpaired) electrons. The molecular weight excluding hydrogens is 946 g/mol. The van der Waals surface area contributed by atoms with Crippen LogP contribution in [0.3, 0.4) is 0 Å². The summed E-state index contributed by atoms with van der Waals surface area (Å²) in [4.78, 5) is 70.0. The molecule has 6 amide bonds. The summed E-state index contributed by atoms with van der Waals surface area (Å²) < 4.78 is 11.0. The summed E-state index contributed by atoms with van der Waals surface area (Å²) in [6.45, 7) is 15.6. The van der Waals surface area contributed by atoms with E-state index in [4.69, 9.17) is 21.1 Å². The van der Waals surface area contributed by atoms with Crippen LogP contribution >= 0.6 is 23.4 Å². The number of pyridine rings is 2. The zero-order valence-corrected chi connectivity index (χ0v) is 43.0. The van der Waals surface area contributed by atoms with Gasteiger partial charge in [0.2, 0.25) is 18.2 Å². The molecule has 2 aromatic carbocycles. The normalized spacial score (nSPS) is 13.3. The number of rotatable bonds is 19. The van der Waals surface area contributed by atoms with E-state index in [1.807, 2.05) is 37.7 Å². The highest BCUT2D eigenvalue weighted by Gasteiger charge is 2.24. The fraction of sp³-hybridized carbons (Fsp3) is 0.404. The van der Waals surface area contributed by atoms with E-state index in [2.05, 4.69) is 93.5 Å². The number of likely N-dealkylation sites (tertiary alicyclic amines) is 1. The van der Waals surface area contributed by atoms with Gasteiger partial charge in [0, 0.05) is 91.3 Å². The minimum atomic E-state index is -0.490. The van der Waals surface area contributed by atoms with Crippen LogP contribution in [-0.2, 0) is 30.4 Å². The van der Waals surface area contributed by atoms with E-state index in [0.29, 0.717) is 87.0 Å². The van der Waals surface area contributed by atoms with Crippen LogP contribution in [0, 0.1) is 17.8 Å². The fourth-order valence-corrected chi connectivity index (χ4v) is 7.37. The number of aliphatic hydroxyl groups excluding tert-OH is 1. The second-order valence-electron chi connectivity index (χ2n) is 16.2. The molecule has 0 aliphatic carbocycles. The molecule has 4 aromatic rings. The lowest BCUT2D eigenvalue weighted by Crippen LogP contribution is -2.39. The van der Waals surface area contributed by atoms with Crippen molar-refractivity contribution in [2.45, 2.75) is 73.5 Å². The number of hydrogen-bond donors (Lipinski definition) is 7. The van der Waals surface area contributed by atoms with Crippen LogP contribution in [0.2, 0.25) is 5.15 Å². The lowest BCUT2D eigenvalue weighted by molar-refractivity contribution is -0.132. The van der Waals surface area contributed by atoms with Gasteiger partial charge >= 0.3 is 6.03 Å². The molecule has 2 aromatic heterocycles. The summed E-state index contributed by atoms with van der Waals surface area (Å²) in [6, 6.07) is 21.1. The van der Waals surface area contributed by atoms with Crippen molar-refractivity contribution in [1.29, 1.82) is 0 Å². The number of aromatic nitrogens is 2. The van der Waals surface area contributed by atoms with Crippen LogP contribution < -0.4 is 31.9 Å².